The fourth-order valence-electron chi connectivity index (χ4n) is 1.99. The molecule has 4 nitrogen and oxygen atoms in total. The van der Waals surface area contributed by atoms with E-state index in [9.17, 15) is 5.11 Å². The maximum atomic E-state index is 9.88. The molecular weight excluding hydrogens is 202 g/mol. The standard InChI is InChI=1S/C12H19N3O/c1-9(13)10-3-4-11(14-7-10)15-6-5-12(2,16)8-15/h3-4,7,9,16H,5-6,8,13H2,1-2H3. The van der Waals surface area contributed by atoms with Gasteiger partial charge in [-0.3, -0.25) is 0 Å². The van der Waals surface area contributed by atoms with Gasteiger partial charge in [0.1, 0.15) is 5.82 Å². The van der Waals surface area contributed by atoms with Crippen LogP contribution in [0.25, 0.3) is 0 Å². The Morgan fingerprint density at radius 3 is 2.75 bits per heavy atom. The van der Waals surface area contributed by atoms with Crippen molar-refractivity contribution in [2.75, 3.05) is 18.0 Å². The van der Waals surface area contributed by atoms with E-state index in [1.807, 2.05) is 32.2 Å². The van der Waals surface area contributed by atoms with E-state index in [0.717, 1.165) is 24.3 Å². The number of β-amino-alcohol motifs (C(OH)–C–C–N with tert-alkyl or cyclic N) is 1. The van der Waals surface area contributed by atoms with Gasteiger partial charge in [0.05, 0.1) is 5.60 Å². The molecule has 2 atom stereocenters. The van der Waals surface area contributed by atoms with Crippen molar-refractivity contribution < 1.29 is 5.11 Å². The summed E-state index contributed by atoms with van der Waals surface area (Å²) < 4.78 is 0. The number of nitrogens with zero attached hydrogens (tertiary/aromatic N) is 2. The van der Waals surface area contributed by atoms with Gasteiger partial charge in [-0.15, -0.1) is 0 Å². The fraction of sp³-hybridized carbons (Fsp3) is 0.583. The number of aliphatic hydroxyl groups is 1. The molecule has 1 saturated heterocycles. The average molecular weight is 221 g/mol. The summed E-state index contributed by atoms with van der Waals surface area (Å²) in [7, 11) is 0. The molecule has 1 aliphatic heterocycles. The van der Waals surface area contributed by atoms with E-state index in [1.54, 1.807) is 0 Å². The van der Waals surface area contributed by atoms with Gasteiger partial charge in [-0.2, -0.15) is 0 Å². The Balaban J connectivity index is 2.11. The first-order valence-corrected chi connectivity index (χ1v) is 5.67. The molecule has 0 bridgehead atoms. The van der Waals surface area contributed by atoms with E-state index >= 15 is 0 Å². The van der Waals surface area contributed by atoms with Crippen LogP contribution >= 0.6 is 0 Å². The molecule has 0 amide bonds. The fourth-order valence-corrected chi connectivity index (χ4v) is 1.99. The van der Waals surface area contributed by atoms with Gasteiger partial charge in [0.2, 0.25) is 0 Å². The van der Waals surface area contributed by atoms with Crippen LogP contribution < -0.4 is 10.6 Å². The number of pyridine rings is 1. The smallest absolute Gasteiger partial charge is 0.128 e. The lowest BCUT2D eigenvalue weighted by molar-refractivity contribution is 0.0839. The molecular formula is C12H19N3O. The monoisotopic (exact) mass is 221 g/mol. The summed E-state index contributed by atoms with van der Waals surface area (Å²) in [6.45, 7) is 5.32. The van der Waals surface area contributed by atoms with Crippen molar-refractivity contribution >= 4 is 5.82 Å². The van der Waals surface area contributed by atoms with E-state index in [0.29, 0.717) is 6.54 Å². The first-order valence-electron chi connectivity index (χ1n) is 5.67. The quantitative estimate of drug-likeness (QED) is 0.784. The van der Waals surface area contributed by atoms with Crippen LogP contribution in [-0.4, -0.2) is 28.8 Å². The highest BCUT2D eigenvalue weighted by Gasteiger charge is 2.31. The molecule has 16 heavy (non-hydrogen) atoms. The summed E-state index contributed by atoms with van der Waals surface area (Å²) in [6, 6.07) is 3.99. The zero-order valence-electron chi connectivity index (χ0n) is 9.85. The van der Waals surface area contributed by atoms with E-state index in [4.69, 9.17) is 5.73 Å². The highest BCUT2D eigenvalue weighted by atomic mass is 16.3. The number of nitrogens with two attached hydrogens (primary N) is 1. The second-order valence-corrected chi connectivity index (χ2v) is 4.91. The maximum Gasteiger partial charge on any atom is 0.128 e. The van der Waals surface area contributed by atoms with Gasteiger partial charge in [0.15, 0.2) is 0 Å². The van der Waals surface area contributed by atoms with Crippen molar-refractivity contribution in [2.45, 2.75) is 31.9 Å². The Morgan fingerprint density at radius 2 is 2.31 bits per heavy atom. The SMILES string of the molecule is CC(N)c1ccc(N2CCC(C)(O)C2)nc1. The van der Waals surface area contributed by atoms with E-state index in [2.05, 4.69) is 9.88 Å². The first-order chi connectivity index (χ1) is 7.48. The molecule has 2 unspecified atom stereocenters. The van der Waals surface area contributed by atoms with Crippen LogP contribution in [0.5, 0.6) is 0 Å². The Bertz CT molecular complexity index is 359. The molecule has 1 aliphatic rings. The van der Waals surface area contributed by atoms with Crippen LogP contribution in [0.1, 0.15) is 31.9 Å². The van der Waals surface area contributed by atoms with Crippen LogP contribution in [0.4, 0.5) is 5.82 Å². The van der Waals surface area contributed by atoms with Crippen LogP contribution in [0.15, 0.2) is 18.3 Å². The summed E-state index contributed by atoms with van der Waals surface area (Å²) in [5, 5.41) is 9.88. The minimum Gasteiger partial charge on any atom is -0.388 e. The lowest BCUT2D eigenvalue weighted by atomic mass is 10.1. The summed E-state index contributed by atoms with van der Waals surface area (Å²) >= 11 is 0. The van der Waals surface area contributed by atoms with Crippen LogP contribution in [0, 0.1) is 0 Å². The number of hydrogen-bond donors (Lipinski definition) is 2. The zero-order valence-corrected chi connectivity index (χ0v) is 9.85. The predicted octanol–water partition coefficient (Wildman–Crippen LogP) is 1.06. The highest BCUT2D eigenvalue weighted by molar-refractivity contribution is 5.41. The molecule has 4 heteroatoms. The lowest BCUT2D eigenvalue weighted by Crippen LogP contribution is -2.30. The molecule has 0 aromatic carbocycles. The molecule has 0 saturated carbocycles. The van der Waals surface area contributed by atoms with E-state index in [1.165, 1.54) is 0 Å². The zero-order chi connectivity index (χ0) is 11.8. The summed E-state index contributed by atoms with van der Waals surface area (Å²) in [5.41, 5.74) is 6.22. The van der Waals surface area contributed by atoms with Gasteiger partial charge in [-0.25, -0.2) is 4.98 Å². The topological polar surface area (TPSA) is 62.4 Å². The van der Waals surface area contributed by atoms with Crippen LogP contribution in [0.2, 0.25) is 0 Å². The average Bonchev–Trinajstić information content (AvgIpc) is 2.59. The van der Waals surface area contributed by atoms with Gasteiger partial charge in [-0.1, -0.05) is 6.07 Å². The van der Waals surface area contributed by atoms with Gasteiger partial charge < -0.3 is 15.7 Å². The summed E-state index contributed by atoms with van der Waals surface area (Å²) in [4.78, 5) is 6.48. The van der Waals surface area contributed by atoms with Crippen molar-refractivity contribution in [1.29, 1.82) is 0 Å². The van der Waals surface area contributed by atoms with E-state index in [-0.39, 0.29) is 6.04 Å². The second-order valence-electron chi connectivity index (χ2n) is 4.91. The number of rotatable bonds is 2. The lowest BCUT2D eigenvalue weighted by Gasteiger charge is -2.20. The predicted molar refractivity (Wildman–Crippen MR) is 64.3 cm³/mol. The third kappa shape index (κ3) is 2.33. The van der Waals surface area contributed by atoms with Crippen molar-refractivity contribution in [3.63, 3.8) is 0 Å². The van der Waals surface area contributed by atoms with Crippen molar-refractivity contribution in [2.24, 2.45) is 5.73 Å². The Labute approximate surface area is 96.1 Å². The maximum absolute atomic E-state index is 9.88. The van der Waals surface area contributed by atoms with E-state index < -0.39 is 5.60 Å². The molecule has 2 rings (SSSR count). The van der Waals surface area contributed by atoms with Gasteiger partial charge in [0.25, 0.3) is 0 Å². The first kappa shape index (κ1) is 11.4. The summed E-state index contributed by atoms with van der Waals surface area (Å²) in [5.74, 6) is 0.919. The normalized spacial score (nSPS) is 27.1. The Morgan fingerprint density at radius 1 is 1.56 bits per heavy atom. The molecule has 0 radical (unpaired) electrons. The minimum absolute atomic E-state index is 0.0169. The number of aromatic nitrogens is 1. The van der Waals surface area contributed by atoms with Gasteiger partial charge in [0, 0.05) is 25.3 Å². The third-order valence-electron chi connectivity index (χ3n) is 3.07. The largest absolute Gasteiger partial charge is 0.388 e. The van der Waals surface area contributed by atoms with Gasteiger partial charge >= 0.3 is 0 Å². The summed E-state index contributed by atoms with van der Waals surface area (Å²) in [6.07, 6.45) is 2.61. The molecule has 88 valence electrons. The minimum atomic E-state index is -0.582. The molecule has 1 fully saturated rings. The van der Waals surface area contributed by atoms with Crippen molar-refractivity contribution in [3.05, 3.63) is 23.9 Å². The third-order valence-corrected chi connectivity index (χ3v) is 3.07. The van der Waals surface area contributed by atoms with Crippen molar-refractivity contribution in [3.8, 4) is 0 Å². The molecule has 1 aromatic rings. The number of hydrogen-bond acceptors (Lipinski definition) is 4. The van der Waals surface area contributed by atoms with Crippen LogP contribution in [-0.2, 0) is 0 Å². The molecule has 3 N–H and O–H groups in total. The molecule has 1 aromatic heterocycles. The Kier molecular flexibility index (Phi) is 2.86. The molecule has 2 heterocycles. The molecule has 0 aliphatic carbocycles. The number of anilines is 1. The second kappa shape index (κ2) is 4.03. The highest BCUT2D eigenvalue weighted by Crippen LogP contribution is 2.25. The van der Waals surface area contributed by atoms with Crippen molar-refractivity contribution in [1.82, 2.24) is 4.98 Å². The Hall–Kier alpha value is -1.13. The van der Waals surface area contributed by atoms with Gasteiger partial charge in [-0.05, 0) is 31.9 Å². The molecule has 0 spiro atoms. The van der Waals surface area contributed by atoms with Crippen LogP contribution in [0.3, 0.4) is 0 Å².